The van der Waals surface area contributed by atoms with Gasteiger partial charge in [0.25, 0.3) is 0 Å². The molecule has 0 aromatic carbocycles. The molecule has 0 spiro atoms. The number of aliphatic carboxylic acids is 2. The quantitative estimate of drug-likeness (QED) is 0.159. The summed E-state index contributed by atoms with van der Waals surface area (Å²) >= 11 is 5.39. The van der Waals surface area contributed by atoms with Gasteiger partial charge in [0, 0.05) is 5.75 Å². The molecule has 11 nitrogen and oxygen atoms in total. The van der Waals surface area contributed by atoms with E-state index in [9.17, 15) is 24.0 Å². The molecule has 0 heterocycles. The first-order valence-corrected chi connectivity index (χ1v) is 9.82. The fourth-order valence-corrected chi connectivity index (χ4v) is 2.54. The molecule has 0 aromatic rings. The molecule has 0 aromatic heterocycles. The van der Waals surface area contributed by atoms with Gasteiger partial charge in [0.05, 0.1) is 12.5 Å². The number of hydrogen-bond donors (Lipinski definition) is 7. The molecule has 3 unspecified atom stereocenters. The molecule has 0 fully saturated rings. The molecule has 0 bridgehead atoms. The third kappa shape index (κ3) is 10.7. The SMILES string of the molecule is CSCCC(NC(=O)C(CS)NC(=O)C(N)CC(=O)O)C(=O)NCC(=O)O. The molecule has 3 amide bonds. The van der Waals surface area contributed by atoms with Crippen LogP contribution in [0.25, 0.3) is 0 Å². The van der Waals surface area contributed by atoms with Crippen LogP contribution in [0.3, 0.4) is 0 Å². The summed E-state index contributed by atoms with van der Waals surface area (Å²) in [4.78, 5) is 57.4. The van der Waals surface area contributed by atoms with E-state index in [0.717, 1.165) is 0 Å². The highest BCUT2D eigenvalue weighted by Crippen LogP contribution is 2.03. The average molecular weight is 425 g/mol. The number of nitrogens with two attached hydrogens (primary N) is 1. The largest absolute Gasteiger partial charge is 0.481 e. The van der Waals surface area contributed by atoms with E-state index < -0.39 is 60.8 Å². The Balaban J connectivity index is 4.92. The molecule has 0 aliphatic rings. The van der Waals surface area contributed by atoms with Crippen LogP contribution in [0.1, 0.15) is 12.8 Å². The Morgan fingerprint density at radius 1 is 1.00 bits per heavy atom. The van der Waals surface area contributed by atoms with E-state index in [4.69, 9.17) is 15.9 Å². The molecule has 27 heavy (non-hydrogen) atoms. The van der Waals surface area contributed by atoms with Crippen molar-refractivity contribution < 1.29 is 34.2 Å². The first-order valence-electron chi connectivity index (χ1n) is 7.79. The zero-order valence-electron chi connectivity index (χ0n) is 14.6. The van der Waals surface area contributed by atoms with Gasteiger partial charge in [-0.25, -0.2) is 0 Å². The third-order valence-corrected chi connectivity index (χ3v) is 4.21. The predicted molar refractivity (Wildman–Crippen MR) is 102 cm³/mol. The summed E-state index contributed by atoms with van der Waals surface area (Å²) in [6.07, 6.45) is 1.43. The number of carboxylic acids is 2. The van der Waals surface area contributed by atoms with Crippen LogP contribution >= 0.6 is 24.4 Å². The highest BCUT2D eigenvalue weighted by Gasteiger charge is 2.27. The fraction of sp³-hybridized carbons (Fsp3) is 0.643. The topological polar surface area (TPSA) is 188 Å². The Morgan fingerprint density at radius 3 is 2.07 bits per heavy atom. The lowest BCUT2D eigenvalue weighted by Gasteiger charge is -2.22. The zero-order valence-corrected chi connectivity index (χ0v) is 16.3. The molecule has 154 valence electrons. The van der Waals surface area contributed by atoms with E-state index in [1.54, 1.807) is 6.26 Å². The van der Waals surface area contributed by atoms with Gasteiger partial charge in [0.15, 0.2) is 0 Å². The number of hydrogen-bond acceptors (Lipinski definition) is 8. The number of carbonyl (C=O) groups is 5. The molecule has 0 radical (unpaired) electrons. The lowest BCUT2D eigenvalue weighted by Crippen LogP contribution is -2.57. The van der Waals surface area contributed by atoms with Crippen molar-refractivity contribution in [3.8, 4) is 0 Å². The molecule has 7 N–H and O–H groups in total. The van der Waals surface area contributed by atoms with Crippen LogP contribution in [-0.4, -0.2) is 82.3 Å². The van der Waals surface area contributed by atoms with Crippen molar-refractivity contribution in [3.05, 3.63) is 0 Å². The van der Waals surface area contributed by atoms with Gasteiger partial charge in [0.2, 0.25) is 17.7 Å². The summed E-state index contributed by atoms with van der Waals surface area (Å²) in [5, 5.41) is 24.2. The standard InChI is InChI=1S/C14H24N4O7S2/c1-27-3-2-8(13(24)16-5-11(21)22)17-14(25)9(6-26)18-12(23)7(15)4-10(19)20/h7-9,26H,2-6,15H2,1H3,(H,16,24)(H,17,25)(H,18,23)(H,19,20)(H,21,22). The summed E-state index contributed by atoms with van der Waals surface area (Å²) in [5.74, 6) is -4.34. The summed E-state index contributed by atoms with van der Waals surface area (Å²) in [5.41, 5.74) is 5.43. The van der Waals surface area contributed by atoms with Gasteiger partial charge in [-0.1, -0.05) is 0 Å². The first-order chi connectivity index (χ1) is 12.6. The normalized spacial score (nSPS) is 13.7. The molecule has 3 atom stereocenters. The smallest absolute Gasteiger partial charge is 0.322 e. The Morgan fingerprint density at radius 2 is 1.59 bits per heavy atom. The van der Waals surface area contributed by atoms with Crippen molar-refractivity contribution in [1.29, 1.82) is 0 Å². The monoisotopic (exact) mass is 424 g/mol. The highest BCUT2D eigenvalue weighted by atomic mass is 32.2. The minimum Gasteiger partial charge on any atom is -0.481 e. The van der Waals surface area contributed by atoms with E-state index in [0.29, 0.717) is 5.75 Å². The summed E-state index contributed by atoms with van der Waals surface area (Å²) in [6.45, 7) is -0.596. The van der Waals surface area contributed by atoms with E-state index in [2.05, 4.69) is 28.6 Å². The molecule has 0 aliphatic carbocycles. The van der Waals surface area contributed by atoms with Crippen molar-refractivity contribution in [2.24, 2.45) is 5.73 Å². The second-order valence-electron chi connectivity index (χ2n) is 5.40. The number of carbonyl (C=O) groups excluding carboxylic acids is 3. The maximum atomic E-state index is 12.3. The summed E-state index contributed by atoms with van der Waals surface area (Å²) in [7, 11) is 0. The minimum atomic E-state index is -1.34. The second-order valence-corrected chi connectivity index (χ2v) is 6.75. The highest BCUT2D eigenvalue weighted by molar-refractivity contribution is 7.98. The van der Waals surface area contributed by atoms with Crippen LogP contribution in [0.5, 0.6) is 0 Å². The third-order valence-electron chi connectivity index (χ3n) is 3.20. The minimum absolute atomic E-state index is 0.122. The fourth-order valence-electron chi connectivity index (χ4n) is 1.82. The lowest BCUT2D eigenvalue weighted by molar-refractivity contribution is -0.139. The van der Waals surface area contributed by atoms with E-state index in [1.807, 2.05) is 0 Å². The Hall–Kier alpha value is -1.99. The lowest BCUT2D eigenvalue weighted by atomic mass is 10.1. The maximum Gasteiger partial charge on any atom is 0.322 e. The van der Waals surface area contributed by atoms with Gasteiger partial charge in [-0.3, -0.25) is 24.0 Å². The number of thioether (sulfide) groups is 1. The Labute approximate surface area is 165 Å². The van der Waals surface area contributed by atoms with Gasteiger partial charge >= 0.3 is 11.9 Å². The number of nitrogens with one attached hydrogen (secondary N) is 3. The van der Waals surface area contributed by atoms with Gasteiger partial charge in [-0.05, 0) is 18.4 Å². The van der Waals surface area contributed by atoms with Crippen molar-refractivity contribution in [1.82, 2.24) is 16.0 Å². The van der Waals surface area contributed by atoms with E-state index in [1.165, 1.54) is 11.8 Å². The molecular weight excluding hydrogens is 400 g/mol. The zero-order chi connectivity index (χ0) is 21.0. The van der Waals surface area contributed by atoms with Crippen molar-refractivity contribution in [2.75, 3.05) is 24.3 Å². The van der Waals surface area contributed by atoms with E-state index >= 15 is 0 Å². The Kier molecular flexibility index (Phi) is 12.2. The number of amides is 3. The molecule has 0 saturated heterocycles. The van der Waals surface area contributed by atoms with Gasteiger partial charge < -0.3 is 31.9 Å². The van der Waals surface area contributed by atoms with E-state index in [-0.39, 0.29) is 12.2 Å². The van der Waals surface area contributed by atoms with Crippen molar-refractivity contribution in [2.45, 2.75) is 31.0 Å². The van der Waals surface area contributed by atoms with Crippen LogP contribution in [-0.2, 0) is 24.0 Å². The van der Waals surface area contributed by atoms with Crippen molar-refractivity contribution >= 4 is 54.1 Å². The van der Waals surface area contributed by atoms with Crippen LogP contribution in [0.4, 0.5) is 0 Å². The summed E-state index contributed by atoms with van der Waals surface area (Å²) < 4.78 is 0. The Bertz CT molecular complexity index is 562. The molecule has 13 heteroatoms. The molecule has 0 saturated carbocycles. The number of rotatable bonds is 13. The first kappa shape index (κ1) is 25.0. The van der Waals surface area contributed by atoms with Crippen LogP contribution in [0, 0.1) is 0 Å². The summed E-state index contributed by atoms with van der Waals surface area (Å²) in [6, 6.07) is -3.50. The van der Waals surface area contributed by atoms with Gasteiger partial charge in [0.1, 0.15) is 18.6 Å². The van der Waals surface area contributed by atoms with Crippen LogP contribution in [0.2, 0.25) is 0 Å². The number of carboxylic acid groups (broad SMARTS) is 2. The average Bonchev–Trinajstić information content (AvgIpc) is 2.59. The molecule has 0 rings (SSSR count). The van der Waals surface area contributed by atoms with Crippen LogP contribution < -0.4 is 21.7 Å². The molecular formula is C14H24N4O7S2. The second kappa shape index (κ2) is 13.2. The molecule has 0 aliphatic heterocycles. The van der Waals surface area contributed by atoms with Gasteiger partial charge in [-0.15, -0.1) is 0 Å². The van der Waals surface area contributed by atoms with Gasteiger partial charge in [-0.2, -0.15) is 24.4 Å². The van der Waals surface area contributed by atoms with Crippen molar-refractivity contribution in [3.63, 3.8) is 0 Å². The van der Waals surface area contributed by atoms with Crippen LogP contribution in [0.15, 0.2) is 0 Å². The maximum absolute atomic E-state index is 12.3. The predicted octanol–water partition coefficient (Wildman–Crippen LogP) is -2.36. The number of thiol groups is 1.